The molecule has 0 fully saturated rings. The average Bonchev–Trinajstić information content (AvgIpc) is 2.74. The van der Waals surface area contributed by atoms with Crippen molar-refractivity contribution in [3.05, 3.63) is 65.7 Å². The maximum absolute atomic E-state index is 12.7. The number of nitrogens with two attached hydrogens (primary N) is 1. The largest absolute Gasteiger partial charge is 0.494 e. The van der Waals surface area contributed by atoms with Gasteiger partial charge in [0.25, 0.3) is 5.91 Å². The van der Waals surface area contributed by atoms with Crippen LogP contribution in [0.5, 0.6) is 5.75 Å². The van der Waals surface area contributed by atoms with Crippen molar-refractivity contribution >= 4 is 29.1 Å². The summed E-state index contributed by atoms with van der Waals surface area (Å²) >= 11 is 5.46. The number of hydrogen-bond acceptors (Lipinski definition) is 4. The van der Waals surface area contributed by atoms with Gasteiger partial charge in [-0.1, -0.05) is 50.2 Å². The van der Waals surface area contributed by atoms with Gasteiger partial charge in [0.15, 0.2) is 5.11 Å². The van der Waals surface area contributed by atoms with Crippen LogP contribution < -0.4 is 15.8 Å². The third-order valence-electron chi connectivity index (χ3n) is 4.71. The topological polar surface area (TPSA) is 84.7 Å². The van der Waals surface area contributed by atoms with Gasteiger partial charge in [-0.15, -0.1) is 0 Å². The number of benzene rings is 2. The van der Waals surface area contributed by atoms with E-state index < -0.39 is 5.91 Å². The van der Waals surface area contributed by atoms with Crippen LogP contribution in [0.15, 0.2) is 54.6 Å². The van der Waals surface area contributed by atoms with Crippen LogP contribution in [0, 0.1) is 5.92 Å². The molecule has 2 rings (SSSR count). The van der Waals surface area contributed by atoms with Crippen LogP contribution in [-0.4, -0.2) is 41.5 Å². The lowest BCUT2D eigenvalue weighted by Gasteiger charge is -2.25. The minimum atomic E-state index is -0.412. The van der Waals surface area contributed by atoms with Crippen LogP contribution in [0.2, 0.25) is 0 Å². The van der Waals surface area contributed by atoms with E-state index in [-0.39, 0.29) is 17.4 Å². The first-order chi connectivity index (χ1) is 14.8. The Morgan fingerprint density at radius 3 is 2.52 bits per heavy atom. The second-order valence-electron chi connectivity index (χ2n) is 7.76. The highest BCUT2D eigenvalue weighted by molar-refractivity contribution is 7.80. The molecule has 31 heavy (non-hydrogen) atoms. The number of carbonyl (C=O) groups excluding carboxylic acids is 2. The van der Waals surface area contributed by atoms with Gasteiger partial charge in [-0.25, -0.2) is 0 Å². The summed E-state index contributed by atoms with van der Waals surface area (Å²) in [5.74, 6) is 0.466. The molecule has 0 aliphatic carbocycles. The first kappa shape index (κ1) is 24.3. The first-order valence-electron chi connectivity index (χ1n) is 10.5. The Morgan fingerprint density at radius 1 is 1.10 bits per heavy atom. The Balaban J connectivity index is 1.98. The summed E-state index contributed by atoms with van der Waals surface area (Å²) in [6.07, 6.45) is 1.83. The van der Waals surface area contributed by atoms with E-state index in [2.05, 4.69) is 19.2 Å². The first-order valence-corrected chi connectivity index (χ1v) is 10.9. The van der Waals surface area contributed by atoms with Gasteiger partial charge in [-0.05, 0) is 54.7 Å². The molecular weight excluding hydrogens is 410 g/mol. The zero-order chi connectivity index (χ0) is 22.6. The molecule has 6 nitrogen and oxygen atoms in total. The monoisotopic (exact) mass is 441 g/mol. The van der Waals surface area contributed by atoms with E-state index in [0.29, 0.717) is 36.9 Å². The van der Waals surface area contributed by atoms with Crippen LogP contribution >= 0.6 is 12.2 Å². The molecule has 0 aliphatic heterocycles. The summed E-state index contributed by atoms with van der Waals surface area (Å²) in [7, 11) is 0. The van der Waals surface area contributed by atoms with E-state index in [0.717, 1.165) is 18.4 Å². The van der Waals surface area contributed by atoms with Gasteiger partial charge in [-0.3, -0.25) is 14.9 Å². The SMILES string of the molecule is CC(C)CCOc1cccc(C(=O)NC(=S)N(CCC(N)=O)CCc2ccccc2)c1. The fourth-order valence-corrected chi connectivity index (χ4v) is 3.13. The maximum Gasteiger partial charge on any atom is 0.257 e. The van der Waals surface area contributed by atoms with Crippen molar-refractivity contribution < 1.29 is 14.3 Å². The number of nitrogens with zero attached hydrogens (tertiary/aromatic N) is 1. The fourth-order valence-electron chi connectivity index (χ4n) is 2.86. The van der Waals surface area contributed by atoms with Gasteiger partial charge in [0.05, 0.1) is 6.61 Å². The molecule has 0 radical (unpaired) electrons. The number of rotatable bonds is 11. The van der Waals surface area contributed by atoms with Crippen molar-refractivity contribution in [2.24, 2.45) is 11.7 Å². The Kier molecular flexibility index (Phi) is 9.97. The predicted octanol–water partition coefficient (Wildman–Crippen LogP) is 3.55. The quantitative estimate of drug-likeness (QED) is 0.521. The second-order valence-corrected chi connectivity index (χ2v) is 8.14. The van der Waals surface area contributed by atoms with Crippen molar-refractivity contribution in [3.8, 4) is 5.75 Å². The van der Waals surface area contributed by atoms with Crippen molar-refractivity contribution in [3.63, 3.8) is 0 Å². The highest BCUT2D eigenvalue weighted by Crippen LogP contribution is 2.15. The summed E-state index contributed by atoms with van der Waals surface area (Å²) in [6, 6.07) is 17.0. The number of carbonyl (C=O) groups is 2. The molecule has 0 heterocycles. The molecule has 0 saturated carbocycles. The standard InChI is InChI=1S/C24H31N3O3S/c1-18(2)13-16-30-21-10-6-9-20(17-21)23(29)26-24(31)27(15-12-22(25)28)14-11-19-7-4-3-5-8-19/h3-10,17-18H,11-16H2,1-2H3,(H2,25,28)(H,26,29,31). The second kappa shape index (κ2) is 12.7. The summed E-state index contributed by atoms with van der Waals surface area (Å²) in [5, 5.41) is 3.04. The zero-order valence-corrected chi connectivity index (χ0v) is 19.0. The van der Waals surface area contributed by atoms with Crippen LogP contribution in [0.4, 0.5) is 0 Å². The van der Waals surface area contributed by atoms with Crippen LogP contribution in [0.1, 0.15) is 42.6 Å². The summed E-state index contributed by atoms with van der Waals surface area (Å²) in [4.78, 5) is 25.8. The van der Waals surface area contributed by atoms with Crippen LogP contribution in [0.3, 0.4) is 0 Å². The summed E-state index contributed by atoms with van der Waals surface area (Å²) in [6.45, 7) is 5.78. The number of ether oxygens (including phenoxy) is 1. The lowest BCUT2D eigenvalue weighted by Crippen LogP contribution is -2.44. The molecule has 2 aromatic carbocycles. The number of nitrogens with one attached hydrogen (secondary N) is 1. The zero-order valence-electron chi connectivity index (χ0n) is 18.2. The van der Waals surface area contributed by atoms with E-state index in [9.17, 15) is 9.59 Å². The smallest absolute Gasteiger partial charge is 0.257 e. The van der Waals surface area contributed by atoms with Crippen molar-refractivity contribution in [1.29, 1.82) is 0 Å². The third-order valence-corrected chi connectivity index (χ3v) is 5.07. The van der Waals surface area contributed by atoms with Gasteiger partial charge < -0.3 is 15.4 Å². The average molecular weight is 442 g/mol. The fraction of sp³-hybridized carbons (Fsp3) is 0.375. The van der Waals surface area contributed by atoms with Crippen molar-refractivity contribution in [2.45, 2.75) is 33.1 Å². The molecule has 0 spiro atoms. The molecule has 2 amide bonds. The lowest BCUT2D eigenvalue weighted by atomic mass is 10.1. The Bertz CT molecular complexity index is 871. The lowest BCUT2D eigenvalue weighted by molar-refractivity contribution is -0.118. The van der Waals surface area contributed by atoms with E-state index in [1.54, 1.807) is 23.1 Å². The number of primary amides is 1. The Hall–Kier alpha value is -2.93. The normalized spacial score (nSPS) is 10.5. The number of hydrogen-bond donors (Lipinski definition) is 2. The minimum Gasteiger partial charge on any atom is -0.494 e. The van der Waals surface area contributed by atoms with Gasteiger partial charge in [0, 0.05) is 25.1 Å². The van der Waals surface area contributed by atoms with E-state index in [4.69, 9.17) is 22.7 Å². The molecule has 7 heteroatoms. The van der Waals surface area contributed by atoms with Gasteiger partial charge >= 0.3 is 0 Å². The molecule has 0 bridgehead atoms. The molecule has 0 aromatic heterocycles. The van der Waals surface area contributed by atoms with E-state index >= 15 is 0 Å². The molecule has 0 atom stereocenters. The maximum atomic E-state index is 12.7. The predicted molar refractivity (Wildman–Crippen MR) is 127 cm³/mol. The molecule has 3 N–H and O–H groups in total. The van der Waals surface area contributed by atoms with Gasteiger partial charge in [0.1, 0.15) is 5.75 Å². The molecule has 0 saturated heterocycles. The Morgan fingerprint density at radius 2 is 1.84 bits per heavy atom. The molecule has 0 unspecified atom stereocenters. The van der Waals surface area contributed by atoms with E-state index in [1.165, 1.54) is 0 Å². The molecule has 2 aromatic rings. The highest BCUT2D eigenvalue weighted by Gasteiger charge is 2.15. The van der Waals surface area contributed by atoms with Crippen molar-refractivity contribution in [1.82, 2.24) is 10.2 Å². The van der Waals surface area contributed by atoms with Gasteiger partial charge in [-0.2, -0.15) is 0 Å². The van der Waals surface area contributed by atoms with Crippen LogP contribution in [0.25, 0.3) is 0 Å². The number of thiocarbonyl (C=S) groups is 1. The minimum absolute atomic E-state index is 0.157. The van der Waals surface area contributed by atoms with Crippen molar-refractivity contribution in [2.75, 3.05) is 19.7 Å². The third kappa shape index (κ3) is 9.17. The highest BCUT2D eigenvalue weighted by atomic mass is 32.1. The Labute approximate surface area is 189 Å². The number of amides is 2. The van der Waals surface area contributed by atoms with Gasteiger partial charge in [0.2, 0.25) is 5.91 Å². The van der Waals surface area contributed by atoms with E-state index in [1.807, 2.05) is 36.4 Å². The molecule has 0 aliphatic rings. The summed E-state index contributed by atoms with van der Waals surface area (Å²) < 4.78 is 5.74. The molecular formula is C24H31N3O3S. The van der Waals surface area contributed by atoms with Crippen LogP contribution in [-0.2, 0) is 11.2 Å². The molecule has 166 valence electrons. The summed E-state index contributed by atoms with van der Waals surface area (Å²) in [5.41, 5.74) is 6.91.